The highest BCUT2D eigenvalue weighted by Crippen LogP contribution is 2.32. The highest BCUT2D eigenvalue weighted by molar-refractivity contribution is 6.01. The van der Waals surface area contributed by atoms with Gasteiger partial charge in [-0.05, 0) is 25.0 Å². The van der Waals surface area contributed by atoms with Crippen molar-refractivity contribution in [3.8, 4) is 0 Å². The minimum absolute atomic E-state index is 0.00281. The number of hydrogen-bond donors (Lipinski definition) is 1. The molecule has 1 aliphatic heterocycles. The molecule has 0 aliphatic carbocycles. The summed E-state index contributed by atoms with van der Waals surface area (Å²) >= 11 is 0. The SMILES string of the molecule is CC(=O)N1CCC[C@@H]1c1nc2ccc3c(ccc[n+]3[O-])c2[nH]1. The van der Waals surface area contributed by atoms with Crippen LogP contribution in [0.2, 0.25) is 0 Å². The van der Waals surface area contributed by atoms with Crippen molar-refractivity contribution in [2.45, 2.75) is 25.8 Å². The number of H-pyrrole nitrogens is 1. The van der Waals surface area contributed by atoms with Gasteiger partial charge in [0.25, 0.3) is 0 Å². The molecule has 1 saturated heterocycles. The minimum Gasteiger partial charge on any atom is -0.618 e. The first-order chi connectivity index (χ1) is 10.6. The Morgan fingerprint density at radius 3 is 3.14 bits per heavy atom. The number of amides is 1. The number of nitrogens with one attached hydrogen (secondary N) is 1. The number of fused-ring (bicyclic) bond motifs is 3. The van der Waals surface area contributed by atoms with Crippen LogP contribution in [-0.4, -0.2) is 27.3 Å². The molecule has 1 atom stereocenters. The monoisotopic (exact) mass is 296 g/mol. The van der Waals surface area contributed by atoms with Gasteiger partial charge >= 0.3 is 0 Å². The smallest absolute Gasteiger partial charge is 0.226 e. The predicted octanol–water partition coefficient (Wildman–Crippen LogP) is 2.03. The van der Waals surface area contributed by atoms with Crippen molar-refractivity contribution in [3.05, 3.63) is 41.5 Å². The molecular weight excluding hydrogens is 280 g/mol. The summed E-state index contributed by atoms with van der Waals surface area (Å²) in [4.78, 5) is 21.6. The number of carbonyl (C=O) groups excluding carboxylic acids is 1. The lowest BCUT2D eigenvalue weighted by Crippen LogP contribution is -2.28. The van der Waals surface area contributed by atoms with Gasteiger partial charge in [0, 0.05) is 25.6 Å². The maximum atomic E-state index is 11.9. The first-order valence-electron chi connectivity index (χ1n) is 7.43. The number of likely N-dealkylation sites (tertiary alicyclic amines) is 1. The standard InChI is InChI=1S/C16H16N4O2/c1-10(21)19-8-3-5-14(19)16-17-12-6-7-13-11(15(12)18-16)4-2-9-20(13)22/h2,4,6-7,9,14H,3,5,8H2,1H3,(H,17,18)/t14-/m1/s1. The second-order valence-corrected chi connectivity index (χ2v) is 5.72. The number of pyridine rings is 1. The Morgan fingerprint density at radius 2 is 2.32 bits per heavy atom. The van der Waals surface area contributed by atoms with Crippen LogP contribution in [0.3, 0.4) is 0 Å². The lowest BCUT2D eigenvalue weighted by atomic mass is 10.2. The first-order valence-corrected chi connectivity index (χ1v) is 7.43. The molecule has 1 aliphatic rings. The van der Waals surface area contributed by atoms with Crippen molar-refractivity contribution in [2.75, 3.05) is 6.54 Å². The molecule has 0 unspecified atom stereocenters. The fourth-order valence-corrected chi connectivity index (χ4v) is 3.35. The van der Waals surface area contributed by atoms with Crippen LogP contribution < -0.4 is 4.73 Å². The molecule has 22 heavy (non-hydrogen) atoms. The van der Waals surface area contributed by atoms with E-state index in [0.717, 1.165) is 46.4 Å². The topological polar surface area (TPSA) is 75.9 Å². The molecular formula is C16H16N4O2. The van der Waals surface area contributed by atoms with Gasteiger partial charge in [-0.2, -0.15) is 4.73 Å². The van der Waals surface area contributed by atoms with Crippen LogP contribution in [0.5, 0.6) is 0 Å². The van der Waals surface area contributed by atoms with E-state index in [1.54, 1.807) is 19.1 Å². The van der Waals surface area contributed by atoms with Crippen LogP contribution >= 0.6 is 0 Å². The zero-order valence-corrected chi connectivity index (χ0v) is 12.2. The third-order valence-electron chi connectivity index (χ3n) is 4.39. The summed E-state index contributed by atoms with van der Waals surface area (Å²) in [6, 6.07) is 7.27. The van der Waals surface area contributed by atoms with Gasteiger partial charge < -0.3 is 15.1 Å². The van der Waals surface area contributed by atoms with E-state index in [-0.39, 0.29) is 11.9 Å². The molecule has 1 aromatic carbocycles. The molecule has 6 heteroatoms. The molecule has 0 radical (unpaired) electrons. The number of carbonyl (C=O) groups is 1. The van der Waals surface area contributed by atoms with Gasteiger partial charge in [-0.3, -0.25) is 4.79 Å². The van der Waals surface area contributed by atoms with E-state index in [4.69, 9.17) is 0 Å². The lowest BCUT2D eigenvalue weighted by molar-refractivity contribution is -0.576. The van der Waals surface area contributed by atoms with Gasteiger partial charge in [0.2, 0.25) is 11.4 Å². The maximum Gasteiger partial charge on any atom is 0.226 e. The summed E-state index contributed by atoms with van der Waals surface area (Å²) < 4.78 is 0.854. The molecule has 3 aromatic rings. The van der Waals surface area contributed by atoms with E-state index in [1.165, 1.54) is 6.20 Å². The molecule has 1 N–H and O–H groups in total. The zero-order chi connectivity index (χ0) is 15.3. The van der Waals surface area contributed by atoms with Crippen molar-refractivity contribution in [3.63, 3.8) is 0 Å². The number of rotatable bonds is 1. The molecule has 1 amide bonds. The molecule has 4 rings (SSSR count). The third-order valence-corrected chi connectivity index (χ3v) is 4.39. The summed E-state index contributed by atoms with van der Waals surface area (Å²) in [6.45, 7) is 2.37. The largest absolute Gasteiger partial charge is 0.618 e. The van der Waals surface area contributed by atoms with E-state index >= 15 is 0 Å². The molecule has 0 spiro atoms. The Balaban J connectivity index is 1.89. The quantitative estimate of drug-likeness (QED) is 0.551. The molecule has 6 nitrogen and oxygen atoms in total. The molecule has 112 valence electrons. The van der Waals surface area contributed by atoms with E-state index in [9.17, 15) is 10.0 Å². The van der Waals surface area contributed by atoms with Crippen molar-refractivity contribution in [2.24, 2.45) is 0 Å². The van der Waals surface area contributed by atoms with Gasteiger partial charge in [-0.1, -0.05) is 0 Å². The Hall–Kier alpha value is -2.63. The Labute approximate surface area is 127 Å². The maximum absolute atomic E-state index is 11.9. The summed E-state index contributed by atoms with van der Waals surface area (Å²) in [5.74, 6) is 0.877. The average molecular weight is 296 g/mol. The lowest BCUT2D eigenvalue weighted by Gasteiger charge is -2.21. The second kappa shape index (κ2) is 4.69. The minimum atomic E-state index is 0.00281. The molecule has 2 aromatic heterocycles. The van der Waals surface area contributed by atoms with Crippen LogP contribution in [0.15, 0.2) is 30.5 Å². The van der Waals surface area contributed by atoms with Crippen molar-refractivity contribution >= 4 is 27.8 Å². The number of imidazole rings is 1. The highest BCUT2D eigenvalue weighted by atomic mass is 16.5. The molecule has 0 bridgehead atoms. The van der Waals surface area contributed by atoms with E-state index < -0.39 is 0 Å². The zero-order valence-electron chi connectivity index (χ0n) is 12.2. The molecule has 1 fully saturated rings. The summed E-state index contributed by atoms with van der Waals surface area (Å²) in [6.07, 6.45) is 3.39. The van der Waals surface area contributed by atoms with Crippen LogP contribution in [0.4, 0.5) is 0 Å². The second-order valence-electron chi connectivity index (χ2n) is 5.72. The number of nitrogens with zero attached hydrogens (tertiary/aromatic N) is 3. The Morgan fingerprint density at radius 1 is 1.45 bits per heavy atom. The third kappa shape index (κ3) is 1.83. The number of aromatic nitrogens is 3. The van der Waals surface area contributed by atoms with Gasteiger partial charge in [0.05, 0.1) is 22.5 Å². The number of aromatic amines is 1. The van der Waals surface area contributed by atoms with Crippen molar-refractivity contribution in [1.29, 1.82) is 0 Å². The van der Waals surface area contributed by atoms with Crippen LogP contribution in [0, 0.1) is 5.21 Å². The molecule has 0 saturated carbocycles. The van der Waals surface area contributed by atoms with Gasteiger partial charge in [-0.15, -0.1) is 0 Å². The Kier molecular flexibility index (Phi) is 2.79. The van der Waals surface area contributed by atoms with E-state index in [2.05, 4.69) is 9.97 Å². The van der Waals surface area contributed by atoms with Gasteiger partial charge in [-0.25, -0.2) is 4.98 Å². The van der Waals surface area contributed by atoms with Crippen LogP contribution in [0.1, 0.15) is 31.6 Å². The van der Waals surface area contributed by atoms with Crippen LogP contribution in [-0.2, 0) is 4.79 Å². The number of benzene rings is 1. The first kappa shape index (κ1) is 13.1. The van der Waals surface area contributed by atoms with Gasteiger partial charge in [0.15, 0.2) is 6.20 Å². The van der Waals surface area contributed by atoms with Crippen molar-refractivity contribution in [1.82, 2.24) is 14.9 Å². The predicted molar refractivity (Wildman–Crippen MR) is 81.9 cm³/mol. The normalized spacial score (nSPS) is 18.4. The average Bonchev–Trinajstić information content (AvgIpc) is 3.13. The Bertz CT molecular complexity index is 886. The highest BCUT2D eigenvalue weighted by Gasteiger charge is 2.30. The van der Waals surface area contributed by atoms with Gasteiger partial charge in [0.1, 0.15) is 5.82 Å². The molecule has 3 heterocycles. The summed E-state index contributed by atoms with van der Waals surface area (Å²) in [5.41, 5.74) is 2.29. The fourth-order valence-electron chi connectivity index (χ4n) is 3.35. The number of hydrogen-bond acceptors (Lipinski definition) is 3. The van der Waals surface area contributed by atoms with Crippen molar-refractivity contribution < 1.29 is 9.52 Å². The summed E-state index contributed by atoms with van der Waals surface area (Å²) in [7, 11) is 0. The summed E-state index contributed by atoms with van der Waals surface area (Å²) in [5, 5.41) is 12.7. The fraction of sp³-hybridized carbons (Fsp3) is 0.312. The van der Waals surface area contributed by atoms with Crippen LogP contribution in [0.25, 0.3) is 21.9 Å². The van der Waals surface area contributed by atoms with E-state index in [0.29, 0.717) is 5.52 Å². The van der Waals surface area contributed by atoms with E-state index in [1.807, 2.05) is 17.0 Å².